The molecule has 0 heteroatoms. The molecule has 6 aromatic carbocycles. The summed E-state index contributed by atoms with van der Waals surface area (Å²) in [6, 6.07) is 32.7. The first-order valence-corrected chi connectivity index (χ1v) is 11.7. The van der Waals surface area contributed by atoms with Crippen LogP contribution in [0.1, 0.15) is 27.8 Å². The van der Waals surface area contributed by atoms with E-state index < -0.39 is 0 Å². The molecule has 0 nitrogen and oxygen atoms in total. The van der Waals surface area contributed by atoms with Crippen molar-refractivity contribution in [3.8, 4) is 0 Å². The maximum Gasteiger partial charge on any atom is -0.0143 e. The predicted octanol–water partition coefficient (Wildman–Crippen LogP) is 9.53. The Morgan fingerprint density at radius 3 is 0.909 bits per heavy atom. The second kappa shape index (κ2) is 8.37. The Bertz CT molecular complexity index is 1530. The number of hydrogen-bond donors (Lipinski definition) is 0. The SMILES string of the molecule is Cc1c2ccccc2c(C)c2ccccc12.Cc1ccc2c(C)c3ccccc3c(C)c2c1. The summed E-state index contributed by atoms with van der Waals surface area (Å²) in [7, 11) is 0. The van der Waals surface area contributed by atoms with E-state index in [1.54, 1.807) is 0 Å². The highest BCUT2D eigenvalue weighted by molar-refractivity contribution is 6.06. The van der Waals surface area contributed by atoms with E-state index in [2.05, 4.69) is 126 Å². The largest absolute Gasteiger partial charge is 0.0616 e. The fraction of sp³-hybridized carbons (Fsp3) is 0.152. The van der Waals surface area contributed by atoms with Crippen molar-refractivity contribution in [1.82, 2.24) is 0 Å². The van der Waals surface area contributed by atoms with Gasteiger partial charge in [0.25, 0.3) is 0 Å². The number of benzene rings is 6. The lowest BCUT2D eigenvalue weighted by Crippen LogP contribution is -1.88. The van der Waals surface area contributed by atoms with Gasteiger partial charge in [0.1, 0.15) is 0 Å². The highest BCUT2D eigenvalue weighted by Crippen LogP contribution is 2.33. The van der Waals surface area contributed by atoms with Crippen LogP contribution in [0.5, 0.6) is 0 Å². The van der Waals surface area contributed by atoms with Crippen LogP contribution in [0.15, 0.2) is 91.0 Å². The highest BCUT2D eigenvalue weighted by Gasteiger charge is 2.08. The molecular formula is C33H30. The third-order valence-corrected chi connectivity index (χ3v) is 7.19. The molecule has 0 spiro atoms. The van der Waals surface area contributed by atoms with Gasteiger partial charge in [0.2, 0.25) is 0 Å². The van der Waals surface area contributed by atoms with Gasteiger partial charge in [-0.2, -0.15) is 0 Å². The smallest absolute Gasteiger partial charge is 0.0143 e. The van der Waals surface area contributed by atoms with Crippen LogP contribution in [0.4, 0.5) is 0 Å². The summed E-state index contributed by atoms with van der Waals surface area (Å²) in [6.07, 6.45) is 0. The van der Waals surface area contributed by atoms with Crippen molar-refractivity contribution in [1.29, 1.82) is 0 Å². The third kappa shape index (κ3) is 3.56. The average Bonchev–Trinajstić information content (AvgIpc) is 2.86. The van der Waals surface area contributed by atoms with Gasteiger partial charge in [0.05, 0.1) is 0 Å². The maximum atomic E-state index is 2.30. The van der Waals surface area contributed by atoms with Gasteiger partial charge in [0, 0.05) is 0 Å². The van der Waals surface area contributed by atoms with Crippen LogP contribution in [0.3, 0.4) is 0 Å². The topological polar surface area (TPSA) is 0 Å². The van der Waals surface area contributed by atoms with Crippen molar-refractivity contribution in [3.05, 3.63) is 119 Å². The zero-order valence-corrected chi connectivity index (χ0v) is 20.2. The molecule has 0 saturated heterocycles. The van der Waals surface area contributed by atoms with Gasteiger partial charge in [0.15, 0.2) is 0 Å². The quantitative estimate of drug-likeness (QED) is 0.212. The Balaban J connectivity index is 0.000000139. The Kier molecular flexibility index (Phi) is 5.38. The first-order chi connectivity index (χ1) is 16.0. The van der Waals surface area contributed by atoms with E-state index >= 15 is 0 Å². The number of aryl methyl sites for hydroxylation is 5. The van der Waals surface area contributed by atoms with E-state index in [1.165, 1.54) is 70.9 Å². The minimum atomic E-state index is 1.33. The molecule has 0 aliphatic heterocycles. The molecule has 0 heterocycles. The summed E-state index contributed by atoms with van der Waals surface area (Å²) < 4.78 is 0. The van der Waals surface area contributed by atoms with E-state index in [9.17, 15) is 0 Å². The molecule has 6 aromatic rings. The van der Waals surface area contributed by atoms with Crippen molar-refractivity contribution in [2.75, 3.05) is 0 Å². The molecule has 0 unspecified atom stereocenters. The van der Waals surface area contributed by atoms with E-state index in [0.29, 0.717) is 0 Å². The van der Waals surface area contributed by atoms with Crippen molar-refractivity contribution in [2.45, 2.75) is 34.6 Å². The summed E-state index contributed by atoms with van der Waals surface area (Å²) in [4.78, 5) is 0. The Hall–Kier alpha value is -3.64. The van der Waals surface area contributed by atoms with Crippen LogP contribution in [0.25, 0.3) is 43.1 Å². The maximum absolute atomic E-state index is 2.30. The van der Waals surface area contributed by atoms with Gasteiger partial charge in [-0.05, 0) is 100.0 Å². The lowest BCUT2D eigenvalue weighted by atomic mass is 9.92. The van der Waals surface area contributed by atoms with Crippen molar-refractivity contribution >= 4 is 43.1 Å². The van der Waals surface area contributed by atoms with Crippen molar-refractivity contribution < 1.29 is 0 Å². The van der Waals surface area contributed by atoms with Gasteiger partial charge >= 0.3 is 0 Å². The number of fused-ring (bicyclic) bond motifs is 4. The second-order valence-electron chi connectivity index (χ2n) is 9.19. The number of hydrogen-bond acceptors (Lipinski definition) is 0. The summed E-state index contributed by atoms with van der Waals surface area (Å²) in [5, 5.41) is 11.0. The zero-order valence-electron chi connectivity index (χ0n) is 20.2. The standard InChI is InChI=1S/C17H16.C16H14/c1-11-8-9-16-12(2)14-6-4-5-7-15(14)13(3)17(16)10-11;1-11-13-7-3-5-9-15(13)12(2)16-10-6-4-8-14(11)16/h4-10H,1-3H3;3-10H,1-2H3. The van der Waals surface area contributed by atoms with Gasteiger partial charge in [-0.3, -0.25) is 0 Å². The van der Waals surface area contributed by atoms with Gasteiger partial charge < -0.3 is 0 Å². The molecule has 0 fully saturated rings. The van der Waals surface area contributed by atoms with Gasteiger partial charge in [-0.25, -0.2) is 0 Å². The van der Waals surface area contributed by atoms with Crippen LogP contribution in [0, 0.1) is 34.6 Å². The molecule has 0 amide bonds. The molecular weight excluding hydrogens is 396 g/mol. The van der Waals surface area contributed by atoms with Crippen LogP contribution >= 0.6 is 0 Å². The van der Waals surface area contributed by atoms with Gasteiger partial charge in [-0.1, -0.05) is 96.6 Å². The molecule has 0 radical (unpaired) electrons. The highest BCUT2D eigenvalue weighted by atomic mass is 14.1. The minimum absolute atomic E-state index is 1.33. The van der Waals surface area contributed by atoms with Crippen molar-refractivity contribution in [3.63, 3.8) is 0 Å². The molecule has 0 aliphatic rings. The zero-order chi connectivity index (χ0) is 23.1. The van der Waals surface area contributed by atoms with Gasteiger partial charge in [-0.15, -0.1) is 0 Å². The van der Waals surface area contributed by atoms with E-state index in [-0.39, 0.29) is 0 Å². The Labute approximate surface area is 196 Å². The van der Waals surface area contributed by atoms with Crippen LogP contribution in [-0.2, 0) is 0 Å². The Morgan fingerprint density at radius 1 is 0.303 bits per heavy atom. The lowest BCUT2D eigenvalue weighted by Gasteiger charge is -2.12. The van der Waals surface area contributed by atoms with E-state index in [0.717, 1.165) is 0 Å². The van der Waals surface area contributed by atoms with E-state index in [1.807, 2.05) is 0 Å². The van der Waals surface area contributed by atoms with Crippen molar-refractivity contribution in [2.24, 2.45) is 0 Å². The minimum Gasteiger partial charge on any atom is -0.0616 e. The lowest BCUT2D eigenvalue weighted by molar-refractivity contribution is 1.47. The average molecular weight is 427 g/mol. The van der Waals surface area contributed by atoms with Crippen LogP contribution in [0.2, 0.25) is 0 Å². The first kappa shape index (κ1) is 21.2. The molecule has 0 aliphatic carbocycles. The van der Waals surface area contributed by atoms with Crippen LogP contribution < -0.4 is 0 Å². The summed E-state index contributed by atoms with van der Waals surface area (Å²) >= 11 is 0. The molecule has 0 aromatic heterocycles. The summed E-state index contributed by atoms with van der Waals surface area (Å²) in [5.41, 5.74) is 6.88. The van der Waals surface area contributed by atoms with Crippen LogP contribution in [-0.4, -0.2) is 0 Å². The normalized spacial score (nSPS) is 11.2. The fourth-order valence-electron chi connectivity index (χ4n) is 5.29. The third-order valence-electron chi connectivity index (χ3n) is 7.19. The molecule has 6 rings (SSSR count). The number of rotatable bonds is 0. The monoisotopic (exact) mass is 426 g/mol. The summed E-state index contributed by atoms with van der Waals surface area (Å²) in [6.45, 7) is 11.0. The molecule has 0 atom stereocenters. The van der Waals surface area contributed by atoms with E-state index in [4.69, 9.17) is 0 Å². The molecule has 0 bridgehead atoms. The molecule has 162 valence electrons. The fourth-order valence-corrected chi connectivity index (χ4v) is 5.29. The molecule has 0 N–H and O–H groups in total. The predicted molar refractivity (Wildman–Crippen MR) is 147 cm³/mol. The summed E-state index contributed by atoms with van der Waals surface area (Å²) in [5.74, 6) is 0. The second-order valence-corrected chi connectivity index (χ2v) is 9.19. The molecule has 0 saturated carbocycles. The first-order valence-electron chi connectivity index (χ1n) is 11.7. The molecule has 33 heavy (non-hydrogen) atoms. The Morgan fingerprint density at radius 2 is 0.576 bits per heavy atom.